The zero-order chi connectivity index (χ0) is 14.6. The Kier molecular flexibility index (Phi) is 5.02. The molecule has 0 aromatic heterocycles. The van der Waals surface area contributed by atoms with Crippen LogP contribution in [-0.4, -0.2) is 26.4 Å². The molecule has 2 N–H and O–H groups in total. The Morgan fingerprint density at radius 1 is 1.16 bits per heavy atom. The fourth-order valence-electron chi connectivity index (χ4n) is 1.38. The highest BCUT2D eigenvalue weighted by Gasteiger charge is 2.22. The standard InChI is InChI=1S/C12H17FN2O3S/c1-8(2)14-12(16)9(3)15-19(17,18)11-6-4-10(13)5-7-11/h4-9,15H,1-3H3,(H,14,16)/t9-/m0/s1. The maximum absolute atomic E-state index is 12.7. The van der Waals surface area contributed by atoms with Crippen LogP contribution in [0.3, 0.4) is 0 Å². The summed E-state index contributed by atoms with van der Waals surface area (Å²) in [5.74, 6) is -0.940. The third kappa shape index (κ3) is 4.60. The van der Waals surface area contributed by atoms with Crippen LogP contribution in [-0.2, 0) is 14.8 Å². The van der Waals surface area contributed by atoms with E-state index in [-0.39, 0.29) is 10.9 Å². The van der Waals surface area contributed by atoms with Gasteiger partial charge in [-0.05, 0) is 45.0 Å². The first-order valence-corrected chi connectivity index (χ1v) is 7.29. The lowest BCUT2D eigenvalue weighted by atomic mass is 10.3. The third-order valence-corrected chi connectivity index (χ3v) is 3.84. The first kappa shape index (κ1) is 15.6. The van der Waals surface area contributed by atoms with Gasteiger partial charge in [-0.25, -0.2) is 12.8 Å². The molecule has 0 radical (unpaired) electrons. The van der Waals surface area contributed by atoms with E-state index in [0.717, 1.165) is 24.3 Å². The number of sulfonamides is 1. The van der Waals surface area contributed by atoms with E-state index in [1.165, 1.54) is 6.92 Å². The van der Waals surface area contributed by atoms with E-state index in [1.54, 1.807) is 13.8 Å². The summed E-state index contributed by atoms with van der Waals surface area (Å²) >= 11 is 0. The molecule has 7 heteroatoms. The Labute approximate surface area is 112 Å². The van der Waals surface area contributed by atoms with Crippen molar-refractivity contribution in [1.82, 2.24) is 10.0 Å². The molecule has 1 aromatic carbocycles. The van der Waals surface area contributed by atoms with E-state index in [4.69, 9.17) is 0 Å². The fourth-order valence-corrected chi connectivity index (χ4v) is 2.58. The molecule has 0 aliphatic carbocycles. The summed E-state index contributed by atoms with van der Waals surface area (Å²) in [7, 11) is -3.83. The molecule has 19 heavy (non-hydrogen) atoms. The van der Waals surface area contributed by atoms with Gasteiger partial charge in [-0.1, -0.05) is 0 Å². The lowest BCUT2D eigenvalue weighted by Crippen LogP contribution is -2.46. The highest BCUT2D eigenvalue weighted by atomic mass is 32.2. The second-order valence-corrected chi connectivity index (χ2v) is 6.17. The monoisotopic (exact) mass is 288 g/mol. The molecule has 0 aliphatic rings. The number of benzene rings is 1. The molecule has 1 atom stereocenters. The van der Waals surface area contributed by atoms with E-state index in [2.05, 4.69) is 10.0 Å². The van der Waals surface area contributed by atoms with Gasteiger partial charge in [0.1, 0.15) is 5.82 Å². The van der Waals surface area contributed by atoms with Crippen molar-refractivity contribution in [2.45, 2.75) is 37.8 Å². The largest absolute Gasteiger partial charge is 0.353 e. The minimum absolute atomic E-state index is 0.0784. The van der Waals surface area contributed by atoms with Crippen LogP contribution >= 0.6 is 0 Å². The first-order chi connectivity index (χ1) is 8.72. The zero-order valence-corrected chi connectivity index (χ0v) is 11.8. The molecule has 5 nitrogen and oxygen atoms in total. The summed E-state index contributed by atoms with van der Waals surface area (Å²) in [6, 6.07) is 3.40. The van der Waals surface area contributed by atoms with Crippen molar-refractivity contribution in [3.05, 3.63) is 30.1 Å². The summed E-state index contributed by atoms with van der Waals surface area (Å²) in [5.41, 5.74) is 0. The predicted octanol–water partition coefficient (Wildman–Crippen LogP) is 1.02. The third-order valence-electron chi connectivity index (χ3n) is 2.28. The van der Waals surface area contributed by atoms with Crippen molar-refractivity contribution in [3.8, 4) is 0 Å². The molecule has 0 bridgehead atoms. The van der Waals surface area contributed by atoms with Gasteiger partial charge in [0.2, 0.25) is 15.9 Å². The summed E-state index contributed by atoms with van der Waals surface area (Å²) in [6.07, 6.45) is 0. The number of amides is 1. The predicted molar refractivity (Wildman–Crippen MR) is 69.5 cm³/mol. The number of nitrogens with one attached hydrogen (secondary N) is 2. The average molecular weight is 288 g/mol. The van der Waals surface area contributed by atoms with Gasteiger partial charge in [0.05, 0.1) is 10.9 Å². The molecular weight excluding hydrogens is 271 g/mol. The maximum atomic E-state index is 12.7. The molecule has 0 aliphatic heterocycles. The summed E-state index contributed by atoms with van der Waals surface area (Å²) in [6.45, 7) is 5.00. The van der Waals surface area contributed by atoms with Crippen LogP contribution in [0.25, 0.3) is 0 Å². The van der Waals surface area contributed by atoms with Crippen LogP contribution in [0.2, 0.25) is 0 Å². The van der Waals surface area contributed by atoms with Crippen molar-refractivity contribution < 1.29 is 17.6 Å². The van der Waals surface area contributed by atoms with Gasteiger partial charge in [-0.3, -0.25) is 4.79 Å². The molecule has 1 amide bonds. The topological polar surface area (TPSA) is 75.3 Å². The minimum atomic E-state index is -3.83. The number of hydrogen-bond acceptors (Lipinski definition) is 3. The highest BCUT2D eigenvalue weighted by molar-refractivity contribution is 7.89. The van der Waals surface area contributed by atoms with Crippen molar-refractivity contribution in [3.63, 3.8) is 0 Å². The van der Waals surface area contributed by atoms with E-state index in [0.29, 0.717) is 0 Å². The highest BCUT2D eigenvalue weighted by Crippen LogP contribution is 2.10. The van der Waals surface area contributed by atoms with Crippen LogP contribution in [0.1, 0.15) is 20.8 Å². The molecule has 0 heterocycles. The van der Waals surface area contributed by atoms with Gasteiger partial charge in [-0.2, -0.15) is 4.72 Å². The quantitative estimate of drug-likeness (QED) is 0.849. The van der Waals surface area contributed by atoms with E-state index < -0.39 is 27.8 Å². The number of carbonyl (C=O) groups excluding carboxylic acids is 1. The van der Waals surface area contributed by atoms with Crippen LogP contribution in [0.15, 0.2) is 29.2 Å². The molecule has 0 spiro atoms. The van der Waals surface area contributed by atoms with E-state index in [9.17, 15) is 17.6 Å². The Morgan fingerprint density at radius 2 is 1.68 bits per heavy atom. The van der Waals surface area contributed by atoms with Gasteiger partial charge in [0.15, 0.2) is 0 Å². The van der Waals surface area contributed by atoms with Gasteiger partial charge in [0, 0.05) is 6.04 Å². The van der Waals surface area contributed by atoms with Crippen molar-refractivity contribution in [2.24, 2.45) is 0 Å². The molecule has 106 valence electrons. The van der Waals surface area contributed by atoms with Crippen LogP contribution < -0.4 is 10.0 Å². The number of hydrogen-bond donors (Lipinski definition) is 2. The number of halogens is 1. The van der Waals surface area contributed by atoms with Gasteiger partial charge >= 0.3 is 0 Å². The van der Waals surface area contributed by atoms with Crippen LogP contribution in [0, 0.1) is 5.82 Å². The average Bonchev–Trinajstić information content (AvgIpc) is 2.27. The Bertz CT molecular complexity index is 541. The lowest BCUT2D eigenvalue weighted by Gasteiger charge is -2.16. The summed E-state index contributed by atoms with van der Waals surface area (Å²) in [5, 5.41) is 2.60. The van der Waals surface area contributed by atoms with E-state index >= 15 is 0 Å². The van der Waals surface area contributed by atoms with Gasteiger partial charge in [-0.15, -0.1) is 0 Å². The van der Waals surface area contributed by atoms with Crippen molar-refractivity contribution >= 4 is 15.9 Å². The Morgan fingerprint density at radius 3 is 2.16 bits per heavy atom. The molecule has 0 fully saturated rings. The van der Waals surface area contributed by atoms with E-state index in [1.807, 2.05) is 0 Å². The normalized spacial score (nSPS) is 13.3. The van der Waals surface area contributed by atoms with Crippen LogP contribution in [0.4, 0.5) is 4.39 Å². The number of carbonyl (C=O) groups is 1. The summed E-state index contributed by atoms with van der Waals surface area (Å²) < 4.78 is 38.8. The van der Waals surface area contributed by atoms with Crippen LogP contribution in [0.5, 0.6) is 0 Å². The summed E-state index contributed by atoms with van der Waals surface area (Å²) in [4.78, 5) is 11.5. The van der Waals surface area contributed by atoms with Gasteiger partial charge in [0.25, 0.3) is 0 Å². The smallest absolute Gasteiger partial charge is 0.241 e. The van der Waals surface area contributed by atoms with Gasteiger partial charge < -0.3 is 5.32 Å². The lowest BCUT2D eigenvalue weighted by molar-refractivity contribution is -0.122. The molecule has 0 unspecified atom stereocenters. The van der Waals surface area contributed by atoms with Crippen molar-refractivity contribution in [1.29, 1.82) is 0 Å². The molecule has 1 aromatic rings. The molecule has 1 rings (SSSR count). The molecule has 0 saturated heterocycles. The fraction of sp³-hybridized carbons (Fsp3) is 0.417. The minimum Gasteiger partial charge on any atom is -0.353 e. The second kappa shape index (κ2) is 6.12. The Balaban J connectivity index is 2.80. The Hall–Kier alpha value is -1.47. The SMILES string of the molecule is CC(C)NC(=O)[C@H](C)NS(=O)(=O)c1ccc(F)cc1. The maximum Gasteiger partial charge on any atom is 0.241 e. The zero-order valence-electron chi connectivity index (χ0n) is 11.0. The number of rotatable bonds is 5. The first-order valence-electron chi connectivity index (χ1n) is 5.80. The van der Waals surface area contributed by atoms with Crippen molar-refractivity contribution in [2.75, 3.05) is 0 Å². The molecular formula is C12H17FN2O3S. The second-order valence-electron chi connectivity index (χ2n) is 4.46. The molecule has 0 saturated carbocycles.